The van der Waals surface area contributed by atoms with Crippen molar-refractivity contribution in [2.75, 3.05) is 5.73 Å². The van der Waals surface area contributed by atoms with Crippen LogP contribution in [-0.2, 0) is 4.74 Å². The number of aromatic nitrogens is 3. The molecule has 0 spiro atoms. The Labute approximate surface area is 104 Å². The summed E-state index contributed by atoms with van der Waals surface area (Å²) in [5, 5.41) is 28.9. The fourth-order valence-corrected chi connectivity index (χ4v) is 2.15. The third-order valence-corrected chi connectivity index (χ3v) is 3.14. The lowest BCUT2D eigenvalue weighted by Gasteiger charge is -2.17. The molecule has 1 radical (unpaired) electrons. The van der Waals surface area contributed by atoms with Crippen LogP contribution in [0.3, 0.4) is 0 Å². The molecule has 1 aliphatic heterocycles. The van der Waals surface area contributed by atoms with Crippen LogP contribution < -0.4 is 11.4 Å². The van der Waals surface area contributed by atoms with Crippen molar-refractivity contribution >= 4 is 16.2 Å². The van der Waals surface area contributed by atoms with Gasteiger partial charge in [0.25, 0.3) is 0 Å². The maximum absolute atomic E-state index is 11.6. The zero-order valence-electron chi connectivity index (χ0n) is 9.25. The molecule has 10 heteroatoms. The lowest BCUT2D eigenvalue weighted by molar-refractivity contribution is -0.0652. The van der Waals surface area contributed by atoms with Gasteiger partial charge in [0, 0.05) is 10.2 Å². The second-order valence-corrected chi connectivity index (χ2v) is 4.78. The highest BCUT2D eigenvalue weighted by molar-refractivity contribution is 6.11. The number of rotatable bonds is 2. The van der Waals surface area contributed by atoms with Crippen LogP contribution in [0.5, 0.6) is 0 Å². The molecule has 5 N–H and O–H groups in total. The molecule has 2 heterocycles. The van der Waals surface area contributed by atoms with Gasteiger partial charge in [-0.15, -0.1) is 0 Å². The van der Waals surface area contributed by atoms with Crippen molar-refractivity contribution in [1.82, 2.24) is 14.5 Å². The Morgan fingerprint density at radius 3 is 2.67 bits per heavy atom. The van der Waals surface area contributed by atoms with Gasteiger partial charge in [-0.05, 0) is 0 Å². The van der Waals surface area contributed by atoms with Crippen molar-refractivity contribution in [3.05, 3.63) is 16.8 Å². The average molecular weight is 273 g/mol. The van der Waals surface area contributed by atoms with E-state index in [-0.39, 0.29) is 5.95 Å². The Bertz CT molecular complexity index is 495. The number of nitrogens with zero attached hydrogens (tertiary/aromatic N) is 3. The standard InChI is InChI=1S/C8H13N4O5Si/c9-7-10-1-12(8(16)11-7)5-3(14)2(13)4(17-5)6(15)18/h1-6,13-15H,18H2,(H2,9,11,16)/t2-,3+,4-,5+,6?/m0/s1. The fraction of sp³-hybridized carbons (Fsp3) is 0.625. The van der Waals surface area contributed by atoms with Crippen molar-refractivity contribution in [2.24, 2.45) is 0 Å². The zero-order valence-corrected chi connectivity index (χ0v) is 10.7. The lowest BCUT2D eigenvalue weighted by atomic mass is 10.1. The Morgan fingerprint density at radius 2 is 2.17 bits per heavy atom. The van der Waals surface area contributed by atoms with Gasteiger partial charge in [0.05, 0.1) is 5.73 Å². The molecule has 0 aromatic carbocycles. The summed E-state index contributed by atoms with van der Waals surface area (Å²) in [7, 11) is 1.20. The first-order valence-corrected chi connectivity index (χ1v) is 5.97. The molecule has 1 aromatic heterocycles. The first kappa shape index (κ1) is 13.1. The molecule has 99 valence electrons. The molecule has 2 rings (SSSR count). The monoisotopic (exact) mass is 273 g/mol. The molecule has 18 heavy (non-hydrogen) atoms. The molecule has 1 fully saturated rings. The second-order valence-electron chi connectivity index (χ2n) is 3.94. The summed E-state index contributed by atoms with van der Waals surface area (Å²) in [6.45, 7) is 0. The van der Waals surface area contributed by atoms with Crippen LogP contribution in [0, 0.1) is 0 Å². The van der Waals surface area contributed by atoms with Crippen LogP contribution in [0.15, 0.2) is 11.1 Å². The minimum atomic E-state index is -1.36. The van der Waals surface area contributed by atoms with Crippen molar-refractivity contribution in [2.45, 2.75) is 30.3 Å². The van der Waals surface area contributed by atoms with E-state index in [0.717, 1.165) is 10.9 Å². The van der Waals surface area contributed by atoms with Gasteiger partial charge >= 0.3 is 5.69 Å². The number of aliphatic hydroxyl groups is 3. The summed E-state index contributed by atoms with van der Waals surface area (Å²) in [5.74, 6) is -0.196. The quantitative estimate of drug-likeness (QED) is 0.397. The fourth-order valence-electron chi connectivity index (χ4n) is 1.76. The third kappa shape index (κ3) is 2.15. The number of nitrogens with two attached hydrogens (primary N) is 1. The Balaban J connectivity index is 2.32. The number of aliphatic hydroxyl groups excluding tert-OH is 3. The summed E-state index contributed by atoms with van der Waals surface area (Å²) < 4.78 is 6.17. The van der Waals surface area contributed by atoms with E-state index in [1.807, 2.05) is 0 Å². The predicted octanol–water partition coefficient (Wildman–Crippen LogP) is -4.21. The minimum Gasteiger partial charge on any atom is -0.395 e. The summed E-state index contributed by atoms with van der Waals surface area (Å²) in [5.41, 5.74) is 3.51. The summed E-state index contributed by atoms with van der Waals surface area (Å²) >= 11 is 0. The topological polar surface area (TPSA) is 144 Å². The van der Waals surface area contributed by atoms with Crippen molar-refractivity contribution in [1.29, 1.82) is 0 Å². The summed E-state index contributed by atoms with van der Waals surface area (Å²) in [6.07, 6.45) is -3.73. The van der Waals surface area contributed by atoms with Crippen molar-refractivity contribution in [3.8, 4) is 0 Å². The zero-order chi connectivity index (χ0) is 13.4. The van der Waals surface area contributed by atoms with Crippen LogP contribution in [0.2, 0.25) is 0 Å². The molecule has 1 saturated heterocycles. The van der Waals surface area contributed by atoms with Crippen LogP contribution in [0.1, 0.15) is 6.23 Å². The molecular weight excluding hydrogens is 260 g/mol. The minimum absolute atomic E-state index is 0.196. The van der Waals surface area contributed by atoms with E-state index in [9.17, 15) is 20.1 Å². The van der Waals surface area contributed by atoms with Gasteiger partial charge in [0.1, 0.15) is 24.6 Å². The summed E-state index contributed by atoms with van der Waals surface area (Å²) in [4.78, 5) is 18.6. The van der Waals surface area contributed by atoms with Gasteiger partial charge in [-0.1, -0.05) is 0 Å². The first-order chi connectivity index (χ1) is 8.41. The van der Waals surface area contributed by atoms with Crippen LogP contribution >= 0.6 is 0 Å². The van der Waals surface area contributed by atoms with E-state index in [2.05, 4.69) is 9.97 Å². The molecule has 0 bridgehead atoms. The SMILES string of the molecule is Nc1ncn([C@@H]2O[C@H](C(O)[SiH2])[C@@H](O)[C@H]2O)c(=O)n1. The van der Waals surface area contributed by atoms with Crippen LogP contribution in [0.25, 0.3) is 0 Å². The maximum Gasteiger partial charge on any atom is 0.354 e. The van der Waals surface area contributed by atoms with Gasteiger partial charge in [-0.2, -0.15) is 4.98 Å². The highest BCUT2D eigenvalue weighted by Crippen LogP contribution is 2.29. The number of nitrogen functional groups attached to an aromatic ring is 1. The van der Waals surface area contributed by atoms with Gasteiger partial charge < -0.3 is 25.8 Å². The van der Waals surface area contributed by atoms with Gasteiger partial charge in [0.15, 0.2) is 6.23 Å². The van der Waals surface area contributed by atoms with Gasteiger partial charge in [0.2, 0.25) is 5.95 Å². The van der Waals surface area contributed by atoms with Crippen molar-refractivity contribution in [3.63, 3.8) is 0 Å². The molecule has 1 aromatic rings. The first-order valence-electron chi connectivity index (χ1n) is 5.15. The molecule has 0 aliphatic carbocycles. The molecule has 0 amide bonds. The van der Waals surface area contributed by atoms with E-state index < -0.39 is 36.0 Å². The van der Waals surface area contributed by atoms with Gasteiger partial charge in [-0.25, -0.2) is 9.78 Å². The maximum atomic E-state index is 11.6. The lowest BCUT2D eigenvalue weighted by Crippen LogP contribution is -2.39. The van der Waals surface area contributed by atoms with E-state index in [1.165, 1.54) is 10.2 Å². The number of hydrogen-bond acceptors (Lipinski definition) is 8. The third-order valence-electron chi connectivity index (χ3n) is 2.67. The molecule has 5 atom stereocenters. The van der Waals surface area contributed by atoms with E-state index in [4.69, 9.17) is 10.5 Å². The molecule has 0 saturated carbocycles. The normalized spacial score (nSPS) is 33.6. The molecule has 9 nitrogen and oxygen atoms in total. The van der Waals surface area contributed by atoms with Crippen molar-refractivity contribution < 1.29 is 20.1 Å². The molecular formula is C8H13N4O5Si. The van der Waals surface area contributed by atoms with E-state index in [1.54, 1.807) is 0 Å². The van der Waals surface area contributed by atoms with E-state index >= 15 is 0 Å². The Kier molecular flexibility index (Phi) is 3.45. The Hall–Kier alpha value is -1.33. The molecule has 1 unspecified atom stereocenters. The van der Waals surface area contributed by atoms with Crippen LogP contribution in [0.4, 0.5) is 5.95 Å². The molecule has 1 aliphatic rings. The second kappa shape index (κ2) is 4.74. The number of anilines is 1. The van der Waals surface area contributed by atoms with E-state index in [0.29, 0.717) is 0 Å². The Morgan fingerprint density at radius 1 is 1.50 bits per heavy atom. The highest BCUT2D eigenvalue weighted by atomic mass is 28.1. The smallest absolute Gasteiger partial charge is 0.354 e. The number of hydrogen-bond donors (Lipinski definition) is 4. The largest absolute Gasteiger partial charge is 0.395 e. The average Bonchev–Trinajstić information content (AvgIpc) is 2.57. The predicted molar refractivity (Wildman–Crippen MR) is 61.2 cm³/mol. The van der Waals surface area contributed by atoms with Crippen LogP contribution in [-0.4, -0.2) is 64.1 Å². The number of ether oxygens (including phenoxy) is 1. The highest BCUT2D eigenvalue weighted by Gasteiger charge is 2.46. The van der Waals surface area contributed by atoms with Gasteiger partial charge in [-0.3, -0.25) is 4.57 Å². The summed E-state index contributed by atoms with van der Waals surface area (Å²) in [6, 6.07) is 0.